The molecule has 0 N–H and O–H groups in total. The highest BCUT2D eigenvalue weighted by molar-refractivity contribution is 7.25. The molecule has 0 atom stereocenters. The number of fused-ring (bicyclic) bond motifs is 6. The van der Waals surface area contributed by atoms with Gasteiger partial charge in [-0.15, -0.1) is 11.3 Å². The maximum Gasteiger partial charge on any atom is 0.159 e. The molecule has 0 fully saturated rings. The van der Waals surface area contributed by atoms with E-state index in [1.807, 2.05) is 11.3 Å². The van der Waals surface area contributed by atoms with Gasteiger partial charge in [-0.05, 0) is 81.4 Å². The molecule has 3 heteroatoms. The Morgan fingerprint density at radius 2 is 0.807 bits per heavy atom. The van der Waals surface area contributed by atoms with Crippen molar-refractivity contribution in [3.05, 3.63) is 212 Å². The first kappa shape index (κ1) is 33.2. The number of furan rings is 1. The smallest absolute Gasteiger partial charge is 0.159 e. The average molecular weight is 746 g/mol. The van der Waals surface area contributed by atoms with Crippen molar-refractivity contribution in [2.75, 3.05) is 4.90 Å². The highest BCUT2D eigenvalue weighted by atomic mass is 32.1. The zero-order valence-electron chi connectivity index (χ0n) is 31.0. The SMILES string of the molecule is c1ccc(-c2ccccc2-c2ccc(N(c3ccc(-c4ccc5c(c4)sc4ccccc45)cc3)c3cccc4c3oc3c(-c5ccccc5)cccc34)cc2)cc1. The molecule has 0 saturated heterocycles. The van der Waals surface area contributed by atoms with Crippen LogP contribution in [0.15, 0.2) is 217 Å². The summed E-state index contributed by atoms with van der Waals surface area (Å²) < 4.78 is 9.59. The maximum atomic E-state index is 6.97. The number of para-hydroxylation sites is 2. The second kappa shape index (κ2) is 13.8. The van der Waals surface area contributed by atoms with E-state index >= 15 is 0 Å². The summed E-state index contributed by atoms with van der Waals surface area (Å²) in [5.41, 5.74) is 14.2. The van der Waals surface area contributed by atoms with Gasteiger partial charge >= 0.3 is 0 Å². The van der Waals surface area contributed by atoms with E-state index in [4.69, 9.17) is 4.42 Å². The van der Waals surface area contributed by atoms with Crippen molar-refractivity contribution in [3.8, 4) is 44.5 Å². The standard InChI is InChI=1S/C54H35NOS/c1-3-13-37(14-4-1)43-17-7-8-18-44(43)39-27-32-42(33-28-39)55(41-30-25-36(26-31-41)40-29-34-47-46-19-9-10-24-51(46)57-52(47)35-40)50-23-12-22-49-48-21-11-20-45(53(48)56-54(49)50)38-15-5-2-6-16-38/h1-35H. The summed E-state index contributed by atoms with van der Waals surface area (Å²) in [7, 11) is 0. The van der Waals surface area contributed by atoms with Crippen LogP contribution in [0.1, 0.15) is 0 Å². The molecule has 9 aromatic carbocycles. The lowest BCUT2D eigenvalue weighted by molar-refractivity contribution is 0.670. The molecule has 0 amide bonds. The minimum atomic E-state index is 0.855. The number of benzene rings is 9. The van der Waals surface area contributed by atoms with Gasteiger partial charge in [-0.1, -0.05) is 170 Å². The normalized spacial score (nSPS) is 11.5. The third kappa shape index (κ3) is 5.80. The molecule has 0 saturated carbocycles. The van der Waals surface area contributed by atoms with Gasteiger partial charge in [-0.25, -0.2) is 0 Å². The fourth-order valence-corrected chi connectivity index (χ4v) is 9.50. The molecule has 2 heterocycles. The van der Waals surface area contributed by atoms with E-state index in [0.29, 0.717) is 0 Å². The van der Waals surface area contributed by atoms with Crippen LogP contribution >= 0.6 is 11.3 Å². The summed E-state index contributed by atoms with van der Waals surface area (Å²) in [5, 5.41) is 4.83. The zero-order valence-corrected chi connectivity index (χ0v) is 31.8. The summed E-state index contributed by atoms with van der Waals surface area (Å²) in [6.07, 6.45) is 0. The summed E-state index contributed by atoms with van der Waals surface area (Å²) in [4.78, 5) is 2.33. The summed E-state index contributed by atoms with van der Waals surface area (Å²) in [5.74, 6) is 0. The quantitative estimate of drug-likeness (QED) is 0.162. The Balaban J connectivity index is 1.05. The van der Waals surface area contributed by atoms with Crippen molar-refractivity contribution in [1.82, 2.24) is 0 Å². The molecular weight excluding hydrogens is 711 g/mol. The van der Waals surface area contributed by atoms with Gasteiger partial charge in [0.1, 0.15) is 5.58 Å². The lowest BCUT2D eigenvalue weighted by atomic mass is 9.94. The molecule has 0 unspecified atom stereocenters. The first-order chi connectivity index (χ1) is 28.3. The van der Waals surface area contributed by atoms with Gasteiger partial charge in [0.25, 0.3) is 0 Å². The first-order valence-electron chi connectivity index (χ1n) is 19.3. The molecule has 2 aromatic heterocycles. The Morgan fingerprint density at radius 3 is 1.51 bits per heavy atom. The fourth-order valence-electron chi connectivity index (χ4n) is 8.36. The highest BCUT2D eigenvalue weighted by Crippen LogP contribution is 2.45. The van der Waals surface area contributed by atoms with Crippen molar-refractivity contribution in [3.63, 3.8) is 0 Å². The number of thiophene rings is 1. The Morgan fingerprint density at radius 1 is 0.316 bits per heavy atom. The average Bonchev–Trinajstić information content (AvgIpc) is 3.86. The third-order valence-electron chi connectivity index (χ3n) is 11.1. The van der Waals surface area contributed by atoms with E-state index in [1.54, 1.807) is 0 Å². The highest BCUT2D eigenvalue weighted by Gasteiger charge is 2.21. The van der Waals surface area contributed by atoms with Gasteiger partial charge in [0.15, 0.2) is 5.58 Å². The Hall–Kier alpha value is -7.20. The second-order valence-corrected chi connectivity index (χ2v) is 15.5. The van der Waals surface area contributed by atoms with E-state index in [0.717, 1.165) is 50.1 Å². The van der Waals surface area contributed by atoms with E-state index < -0.39 is 0 Å². The predicted octanol–water partition coefficient (Wildman–Crippen LogP) is 16.1. The number of nitrogens with zero attached hydrogens (tertiary/aromatic N) is 1. The van der Waals surface area contributed by atoms with Crippen LogP contribution in [0.2, 0.25) is 0 Å². The van der Waals surface area contributed by atoms with Crippen LogP contribution in [0.4, 0.5) is 17.1 Å². The summed E-state index contributed by atoms with van der Waals surface area (Å²) >= 11 is 1.86. The number of hydrogen-bond donors (Lipinski definition) is 0. The van der Waals surface area contributed by atoms with Gasteiger partial charge in [-0.2, -0.15) is 0 Å². The van der Waals surface area contributed by atoms with E-state index in [2.05, 4.69) is 217 Å². The third-order valence-corrected chi connectivity index (χ3v) is 12.2. The molecule has 0 spiro atoms. The van der Waals surface area contributed by atoms with Gasteiger partial charge in [0, 0.05) is 47.9 Å². The monoisotopic (exact) mass is 745 g/mol. The van der Waals surface area contributed by atoms with Crippen LogP contribution in [0.5, 0.6) is 0 Å². The van der Waals surface area contributed by atoms with Crippen LogP contribution < -0.4 is 4.90 Å². The van der Waals surface area contributed by atoms with Gasteiger partial charge < -0.3 is 9.32 Å². The minimum absolute atomic E-state index is 0.855. The van der Waals surface area contributed by atoms with Crippen LogP contribution in [0, 0.1) is 0 Å². The topological polar surface area (TPSA) is 16.4 Å². The number of anilines is 3. The van der Waals surface area contributed by atoms with E-state index in [-0.39, 0.29) is 0 Å². The van der Waals surface area contributed by atoms with Crippen LogP contribution in [-0.4, -0.2) is 0 Å². The molecule has 0 bridgehead atoms. The molecule has 0 aliphatic rings. The molecule has 11 aromatic rings. The summed E-state index contributed by atoms with van der Waals surface area (Å²) in [6, 6.07) is 76.2. The molecule has 0 radical (unpaired) electrons. The molecule has 11 rings (SSSR count). The lowest BCUT2D eigenvalue weighted by Crippen LogP contribution is -2.10. The molecule has 0 aliphatic heterocycles. The molecule has 57 heavy (non-hydrogen) atoms. The largest absolute Gasteiger partial charge is 0.453 e. The molecule has 2 nitrogen and oxygen atoms in total. The van der Waals surface area contributed by atoms with E-state index in [9.17, 15) is 0 Å². The molecule has 268 valence electrons. The Kier molecular flexibility index (Phi) is 8.04. The van der Waals surface area contributed by atoms with Crippen LogP contribution in [0.3, 0.4) is 0 Å². The van der Waals surface area contributed by atoms with Gasteiger partial charge in [0.05, 0.1) is 5.69 Å². The number of hydrogen-bond acceptors (Lipinski definition) is 3. The fraction of sp³-hybridized carbons (Fsp3) is 0. The van der Waals surface area contributed by atoms with Crippen LogP contribution in [0.25, 0.3) is 86.6 Å². The lowest BCUT2D eigenvalue weighted by Gasteiger charge is -2.26. The predicted molar refractivity (Wildman–Crippen MR) is 243 cm³/mol. The van der Waals surface area contributed by atoms with Gasteiger partial charge in [0.2, 0.25) is 0 Å². The van der Waals surface area contributed by atoms with Crippen molar-refractivity contribution in [2.24, 2.45) is 0 Å². The van der Waals surface area contributed by atoms with Crippen molar-refractivity contribution in [1.29, 1.82) is 0 Å². The van der Waals surface area contributed by atoms with Crippen molar-refractivity contribution in [2.45, 2.75) is 0 Å². The second-order valence-electron chi connectivity index (χ2n) is 14.5. The number of rotatable bonds is 7. The first-order valence-corrected chi connectivity index (χ1v) is 20.1. The summed E-state index contributed by atoms with van der Waals surface area (Å²) in [6.45, 7) is 0. The van der Waals surface area contributed by atoms with E-state index in [1.165, 1.54) is 53.6 Å². The van der Waals surface area contributed by atoms with Crippen molar-refractivity contribution < 1.29 is 4.42 Å². The molecule has 0 aliphatic carbocycles. The molecular formula is C54H35NOS. The van der Waals surface area contributed by atoms with Crippen LogP contribution in [-0.2, 0) is 0 Å². The van der Waals surface area contributed by atoms with Crippen molar-refractivity contribution >= 4 is 70.5 Å². The Labute approximate surface area is 335 Å². The zero-order chi connectivity index (χ0) is 37.7. The van der Waals surface area contributed by atoms with Gasteiger partial charge in [-0.3, -0.25) is 0 Å². The Bertz CT molecular complexity index is 3210. The minimum Gasteiger partial charge on any atom is -0.453 e. The maximum absolute atomic E-state index is 6.97.